The summed E-state index contributed by atoms with van der Waals surface area (Å²) >= 11 is 0. The zero-order valence-corrected chi connectivity index (χ0v) is 10.9. The van der Waals surface area contributed by atoms with Crippen molar-refractivity contribution >= 4 is 11.9 Å². The highest BCUT2D eigenvalue weighted by atomic mass is 16.5. The second-order valence-corrected chi connectivity index (χ2v) is 3.88. The van der Waals surface area contributed by atoms with Crippen LogP contribution in [0.5, 0.6) is 11.5 Å². The lowest BCUT2D eigenvalue weighted by Crippen LogP contribution is -2.33. The Bertz CT molecular complexity index is 452. The number of hydrogen-bond acceptors (Lipinski definition) is 5. The van der Waals surface area contributed by atoms with Crippen LogP contribution in [-0.4, -0.2) is 47.2 Å². The van der Waals surface area contributed by atoms with Crippen molar-refractivity contribution in [3.63, 3.8) is 0 Å². The average Bonchev–Trinajstić information content (AvgIpc) is 2.38. The number of methoxy groups -OCH3 is 1. The topological polar surface area (TPSA) is 87.1 Å². The Morgan fingerprint density at radius 1 is 1.26 bits per heavy atom. The number of aromatic hydroxyl groups is 2. The van der Waals surface area contributed by atoms with Gasteiger partial charge in [0.25, 0.3) is 5.91 Å². The fourth-order valence-corrected chi connectivity index (χ4v) is 1.64. The Morgan fingerprint density at radius 2 is 1.84 bits per heavy atom. The minimum Gasteiger partial charge on any atom is -0.507 e. The van der Waals surface area contributed by atoms with E-state index < -0.39 is 11.9 Å². The fourth-order valence-electron chi connectivity index (χ4n) is 1.64. The zero-order chi connectivity index (χ0) is 14.4. The predicted octanol–water partition coefficient (Wildman–Crippen LogP) is 1.12. The minimum absolute atomic E-state index is 0.0600. The summed E-state index contributed by atoms with van der Waals surface area (Å²) in [7, 11) is 1.27. The van der Waals surface area contributed by atoms with Crippen molar-refractivity contribution in [3.8, 4) is 11.5 Å². The molecule has 0 saturated carbocycles. The van der Waals surface area contributed by atoms with Crippen molar-refractivity contribution in [2.75, 3.05) is 20.2 Å². The first kappa shape index (κ1) is 14.8. The minimum atomic E-state index is -0.526. The van der Waals surface area contributed by atoms with Gasteiger partial charge in [-0.05, 0) is 19.1 Å². The van der Waals surface area contributed by atoms with Gasteiger partial charge in [0.05, 0.1) is 13.5 Å². The first-order valence-corrected chi connectivity index (χ1v) is 5.88. The summed E-state index contributed by atoms with van der Waals surface area (Å²) in [6.45, 7) is 2.26. The van der Waals surface area contributed by atoms with Gasteiger partial charge in [0, 0.05) is 13.1 Å². The second-order valence-electron chi connectivity index (χ2n) is 3.88. The maximum absolute atomic E-state index is 12.2. The molecule has 6 nitrogen and oxygen atoms in total. The zero-order valence-electron chi connectivity index (χ0n) is 10.9. The van der Waals surface area contributed by atoms with Gasteiger partial charge in [0.2, 0.25) is 0 Å². The molecule has 0 aliphatic heterocycles. The van der Waals surface area contributed by atoms with Crippen LogP contribution in [0.15, 0.2) is 18.2 Å². The van der Waals surface area contributed by atoms with Gasteiger partial charge in [-0.3, -0.25) is 9.59 Å². The largest absolute Gasteiger partial charge is 0.507 e. The van der Waals surface area contributed by atoms with Crippen LogP contribution in [0, 0.1) is 0 Å². The molecule has 0 bridgehead atoms. The van der Waals surface area contributed by atoms with Gasteiger partial charge in [-0.1, -0.05) is 6.07 Å². The van der Waals surface area contributed by atoms with Crippen LogP contribution < -0.4 is 0 Å². The van der Waals surface area contributed by atoms with Crippen LogP contribution in [0.25, 0.3) is 0 Å². The van der Waals surface area contributed by atoms with E-state index in [2.05, 4.69) is 4.74 Å². The highest BCUT2D eigenvalue weighted by Crippen LogP contribution is 2.27. The molecule has 0 spiro atoms. The Balaban J connectivity index is 2.87. The van der Waals surface area contributed by atoms with Gasteiger partial charge in [-0.2, -0.15) is 0 Å². The van der Waals surface area contributed by atoms with Gasteiger partial charge >= 0.3 is 5.97 Å². The molecule has 2 N–H and O–H groups in total. The summed E-state index contributed by atoms with van der Waals surface area (Å²) in [5.41, 5.74) is -0.158. The molecule has 104 valence electrons. The first-order chi connectivity index (χ1) is 9.01. The third kappa shape index (κ3) is 3.61. The maximum atomic E-state index is 12.2. The molecule has 6 heteroatoms. The first-order valence-electron chi connectivity index (χ1n) is 5.88. The number of phenols is 2. The summed E-state index contributed by atoms with van der Waals surface area (Å²) < 4.78 is 4.50. The smallest absolute Gasteiger partial charge is 0.307 e. The van der Waals surface area contributed by atoms with E-state index in [9.17, 15) is 19.8 Å². The molecule has 1 rings (SSSR count). The number of nitrogens with zero attached hydrogens (tertiary/aromatic N) is 1. The van der Waals surface area contributed by atoms with Crippen LogP contribution in [0.3, 0.4) is 0 Å². The molecule has 1 aromatic rings. The van der Waals surface area contributed by atoms with E-state index in [1.165, 1.54) is 30.2 Å². The number of hydrogen-bond donors (Lipinski definition) is 2. The highest BCUT2D eigenvalue weighted by molar-refractivity contribution is 5.99. The molecule has 0 radical (unpaired) electrons. The van der Waals surface area contributed by atoms with Gasteiger partial charge in [-0.25, -0.2) is 0 Å². The summed E-state index contributed by atoms with van der Waals surface area (Å²) in [6, 6.07) is 4.08. The van der Waals surface area contributed by atoms with Crippen molar-refractivity contribution < 1.29 is 24.5 Å². The fraction of sp³-hybridized carbons (Fsp3) is 0.385. The molecule has 1 amide bonds. The summed E-state index contributed by atoms with van der Waals surface area (Å²) in [5.74, 6) is -1.53. The number of ether oxygens (including phenoxy) is 1. The quantitative estimate of drug-likeness (QED) is 0.781. The van der Waals surface area contributed by atoms with Crippen LogP contribution in [-0.2, 0) is 9.53 Å². The number of carbonyl (C=O) groups is 2. The van der Waals surface area contributed by atoms with E-state index in [0.717, 1.165) is 0 Å². The maximum Gasteiger partial charge on any atom is 0.307 e. The van der Waals surface area contributed by atoms with Gasteiger partial charge in [0.15, 0.2) is 0 Å². The van der Waals surface area contributed by atoms with Crippen molar-refractivity contribution in [2.24, 2.45) is 0 Å². The summed E-state index contributed by atoms with van der Waals surface area (Å²) in [5, 5.41) is 19.3. The molecular weight excluding hydrogens is 250 g/mol. The lowest BCUT2D eigenvalue weighted by Gasteiger charge is -2.21. The Morgan fingerprint density at radius 3 is 2.32 bits per heavy atom. The van der Waals surface area contributed by atoms with Crippen LogP contribution >= 0.6 is 0 Å². The van der Waals surface area contributed by atoms with Crippen LogP contribution in [0.4, 0.5) is 0 Å². The van der Waals surface area contributed by atoms with E-state index in [4.69, 9.17) is 0 Å². The third-order valence-corrected chi connectivity index (χ3v) is 2.72. The van der Waals surface area contributed by atoms with Crippen molar-refractivity contribution in [2.45, 2.75) is 13.3 Å². The highest BCUT2D eigenvalue weighted by Gasteiger charge is 2.21. The number of phenolic OH excluding ortho intramolecular Hbond substituents is 2. The number of carbonyl (C=O) groups excluding carboxylic acids is 2. The Hall–Kier alpha value is -2.24. The number of amides is 1. The lowest BCUT2D eigenvalue weighted by molar-refractivity contribution is -0.140. The van der Waals surface area contributed by atoms with Gasteiger partial charge in [0.1, 0.15) is 17.1 Å². The van der Waals surface area contributed by atoms with Crippen LogP contribution in [0.2, 0.25) is 0 Å². The Kier molecular flexibility index (Phi) is 5.17. The number of benzene rings is 1. The second kappa shape index (κ2) is 6.63. The van der Waals surface area contributed by atoms with E-state index >= 15 is 0 Å². The lowest BCUT2D eigenvalue weighted by atomic mass is 10.1. The predicted molar refractivity (Wildman–Crippen MR) is 68.0 cm³/mol. The normalized spacial score (nSPS) is 10.0. The number of esters is 1. The van der Waals surface area contributed by atoms with Crippen LogP contribution in [0.1, 0.15) is 23.7 Å². The van der Waals surface area contributed by atoms with Gasteiger partial charge in [-0.15, -0.1) is 0 Å². The molecule has 0 fully saturated rings. The molecule has 0 aliphatic carbocycles. The average molecular weight is 267 g/mol. The third-order valence-electron chi connectivity index (χ3n) is 2.72. The molecular formula is C13H17NO5. The summed E-state index contributed by atoms with van der Waals surface area (Å²) in [4.78, 5) is 24.6. The molecule has 0 aromatic heterocycles. The molecule has 0 aliphatic rings. The SMILES string of the molecule is CCN(CCC(=O)OC)C(=O)c1c(O)cccc1O. The van der Waals surface area contributed by atoms with E-state index in [1.807, 2.05) is 0 Å². The summed E-state index contributed by atoms with van der Waals surface area (Å²) in [6.07, 6.45) is 0.0600. The molecule has 0 atom stereocenters. The standard InChI is InChI=1S/C13H17NO5/c1-3-14(8-7-11(17)19-2)13(18)12-9(15)5-4-6-10(12)16/h4-6,15-16H,3,7-8H2,1-2H3. The molecule has 1 aromatic carbocycles. The molecule has 0 unspecified atom stereocenters. The van der Waals surface area contributed by atoms with E-state index in [1.54, 1.807) is 6.92 Å². The van der Waals surface area contributed by atoms with E-state index in [-0.39, 0.29) is 30.0 Å². The van der Waals surface area contributed by atoms with Gasteiger partial charge < -0.3 is 19.8 Å². The molecule has 19 heavy (non-hydrogen) atoms. The monoisotopic (exact) mass is 267 g/mol. The molecule has 0 saturated heterocycles. The number of rotatable bonds is 5. The van der Waals surface area contributed by atoms with E-state index in [0.29, 0.717) is 6.54 Å². The Labute approximate surface area is 111 Å². The van der Waals surface area contributed by atoms with Crippen molar-refractivity contribution in [1.82, 2.24) is 4.90 Å². The van der Waals surface area contributed by atoms with Crippen molar-refractivity contribution in [3.05, 3.63) is 23.8 Å². The van der Waals surface area contributed by atoms with Crippen molar-refractivity contribution in [1.29, 1.82) is 0 Å². The molecule has 0 heterocycles.